The first-order valence-electron chi connectivity index (χ1n) is 4.37. The summed E-state index contributed by atoms with van der Waals surface area (Å²) < 4.78 is 30.3. The molecule has 3 atom stereocenters. The van der Waals surface area contributed by atoms with Crippen molar-refractivity contribution in [3.8, 4) is 12.1 Å². The zero-order valence-corrected chi connectivity index (χ0v) is 10.2. The Kier molecular flexibility index (Phi) is 6.43. The zero-order chi connectivity index (χ0) is 11.9. The SMILES string of the molecule is CC(C(C#N)CPCCC#N)S(=O)(=O)O. The first-order valence-corrected chi connectivity index (χ1v) is 7.28. The summed E-state index contributed by atoms with van der Waals surface area (Å²) in [5.74, 6) is -0.697. The molecule has 0 radical (unpaired) electrons. The van der Waals surface area contributed by atoms with Gasteiger partial charge in [0.15, 0.2) is 0 Å². The number of hydrogen-bond donors (Lipinski definition) is 1. The summed E-state index contributed by atoms with van der Waals surface area (Å²) in [5.41, 5.74) is 0. The van der Waals surface area contributed by atoms with Crippen LogP contribution in [0.3, 0.4) is 0 Å². The minimum Gasteiger partial charge on any atom is -0.285 e. The van der Waals surface area contributed by atoms with E-state index in [9.17, 15) is 8.42 Å². The van der Waals surface area contributed by atoms with Gasteiger partial charge in [-0.3, -0.25) is 4.55 Å². The molecule has 0 aromatic heterocycles. The van der Waals surface area contributed by atoms with Crippen LogP contribution in [0.5, 0.6) is 0 Å². The van der Waals surface area contributed by atoms with Gasteiger partial charge in [-0.15, -0.1) is 8.58 Å². The zero-order valence-electron chi connectivity index (χ0n) is 8.34. The van der Waals surface area contributed by atoms with E-state index in [1.165, 1.54) is 6.92 Å². The van der Waals surface area contributed by atoms with Gasteiger partial charge in [-0.2, -0.15) is 18.9 Å². The van der Waals surface area contributed by atoms with Crippen LogP contribution in [0.2, 0.25) is 0 Å². The lowest BCUT2D eigenvalue weighted by molar-refractivity contribution is 0.459. The predicted octanol–water partition coefficient (Wildman–Crippen LogP) is 0.995. The maximum atomic E-state index is 10.8. The molecule has 0 aromatic carbocycles. The number of nitrogens with zero attached hydrogens (tertiary/aromatic N) is 2. The van der Waals surface area contributed by atoms with Crippen LogP contribution < -0.4 is 0 Å². The van der Waals surface area contributed by atoms with Gasteiger partial charge in [0.05, 0.1) is 23.3 Å². The topological polar surface area (TPSA) is 102 Å². The molecule has 0 saturated heterocycles. The van der Waals surface area contributed by atoms with Gasteiger partial charge in [-0.05, 0) is 19.2 Å². The van der Waals surface area contributed by atoms with Crippen molar-refractivity contribution in [2.75, 3.05) is 12.3 Å². The van der Waals surface area contributed by atoms with Crippen molar-refractivity contribution in [1.82, 2.24) is 0 Å². The third-order valence-corrected chi connectivity index (χ3v) is 4.58. The van der Waals surface area contributed by atoms with Crippen molar-refractivity contribution >= 4 is 18.7 Å². The van der Waals surface area contributed by atoms with Crippen molar-refractivity contribution in [2.45, 2.75) is 18.6 Å². The molecular formula is C8H13N2O3PS. The van der Waals surface area contributed by atoms with Gasteiger partial charge < -0.3 is 0 Å². The maximum absolute atomic E-state index is 10.8. The van der Waals surface area contributed by atoms with Crippen LogP contribution in [0.4, 0.5) is 0 Å². The molecule has 0 aromatic rings. The first kappa shape index (κ1) is 14.3. The van der Waals surface area contributed by atoms with E-state index >= 15 is 0 Å². The van der Waals surface area contributed by atoms with Crippen molar-refractivity contribution in [1.29, 1.82) is 10.5 Å². The van der Waals surface area contributed by atoms with Gasteiger partial charge in [-0.1, -0.05) is 0 Å². The second-order valence-corrected chi connectivity index (χ2v) is 6.25. The van der Waals surface area contributed by atoms with Crippen LogP contribution in [0.25, 0.3) is 0 Å². The Labute approximate surface area is 91.6 Å². The minimum atomic E-state index is -4.14. The molecule has 0 spiro atoms. The highest BCUT2D eigenvalue weighted by molar-refractivity contribution is 7.86. The summed E-state index contributed by atoms with van der Waals surface area (Å²) in [6, 6.07) is 3.85. The maximum Gasteiger partial charge on any atom is 0.268 e. The monoisotopic (exact) mass is 248 g/mol. The molecule has 0 saturated carbocycles. The Morgan fingerprint density at radius 1 is 1.47 bits per heavy atom. The third kappa shape index (κ3) is 5.69. The van der Waals surface area contributed by atoms with Gasteiger partial charge in [0.1, 0.15) is 0 Å². The normalized spacial score (nSPS) is 15.7. The molecule has 0 aliphatic heterocycles. The fraction of sp³-hybridized carbons (Fsp3) is 0.750. The van der Waals surface area contributed by atoms with Crippen LogP contribution >= 0.6 is 8.58 Å². The summed E-state index contributed by atoms with van der Waals surface area (Å²) in [7, 11) is -3.76. The van der Waals surface area contributed by atoms with Crippen molar-refractivity contribution < 1.29 is 13.0 Å². The van der Waals surface area contributed by atoms with Crippen LogP contribution in [0, 0.1) is 28.6 Å². The Morgan fingerprint density at radius 3 is 2.47 bits per heavy atom. The van der Waals surface area contributed by atoms with Gasteiger partial charge in [0.2, 0.25) is 0 Å². The van der Waals surface area contributed by atoms with E-state index in [-0.39, 0.29) is 0 Å². The van der Waals surface area contributed by atoms with Crippen LogP contribution in [-0.4, -0.2) is 30.5 Å². The number of nitriles is 2. The van der Waals surface area contributed by atoms with Crippen molar-refractivity contribution in [3.05, 3.63) is 0 Å². The van der Waals surface area contributed by atoms with E-state index in [1.807, 2.05) is 12.1 Å². The van der Waals surface area contributed by atoms with Gasteiger partial charge in [-0.25, -0.2) is 0 Å². The molecule has 0 rings (SSSR count). The molecule has 1 N–H and O–H groups in total. The Morgan fingerprint density at radius 2 is 2.07 bits per heavy atom. The van der Waals surface area contributed by atoms with Crippen molar-refractivity contribution in [2.24, 2.45) is 5.92 Å². The summed E-state index contributed by atoms with van der Waals surface area (Å²) in [6.07, 6.45) is 1.50. The van der Waals surface area contributed by atoms with Crippen molar-refractivity contribution in [3.63, 3.8) is 0 Å². The van der Waals surface area contributed by atoms with E-state index in [2.05, 4.69) is 0 Å². The molecule has 0 aliphatic carbocycles. The molecule has 7 heteroatoms. The molecule has 0 fully saturated rings. The van der Waals surface area contributed by atoms with E-state index in [0.29, 0.717) is 27.3 Å². The summed E-state index contributed by atoms with van der Waals surface area (Å²) in [6.45, 7) is 1.32. The lowest BCUT2D eigenvalue weighted by Crippen LogP contribution is -2.26. The highest BCUT2D eigenvalue weighted by Crippen LogP contribution is 2.21. The van der Waals surface area contributed by atoms with Crippen LogP contribution in [0.15, 0.2) is 0 Å². The van der Waals surface area contributed by atoms with Gasteiger partial charge in [0.25, 0.3) is 10.1 Å². The average Bonchev–Trinajstić information content (AvgIpc) is 2.16. The van der Waals surface area contributed by atoms with E-state index in [1.54, 1.807) is 0 Å². The fourth-order valence-electron chi connectivity index (χ4n) is 0.926. The number of rotatable bonds is 6. The molecule has 3 unspecified atom stereocenters. The predicted molar refractivity (Wildman–Crippen MR) is 58.4 cm³/mol. The molecule has 84 valence electrons. The van der Waals surface area contributed by atoms with Gasteiger partial charge >= 0.3 is 0 Å². The summed E-state index contributed by atoms with van der Waals surface area (Å²) >= 11 is 0. The summed E-state index contributed by atoms with van der Waals surface area (Å²) in [4.78, 5) is 0. The fourth-order valence-corrected chi connectivity index (χ4v) is 2.92. The lowest BCUT2D eigenvalue weighted by atomic mass is 10.1. The quantitative estimate of drug-likeness (QED) is 0.429. The second-order valence-electron chi connectivity index (χ2n) is 3.07. The molecular weight excluding hydrogens is 235 g/mol. The smallest absolute Gasteiger partial charge is 0.268 e. The Bertz CT molecular complexity index is 368. The largest absolute Gasteiger partial charge is 0.285 e. The molecule has 0 bridgehead atoms. The number of hydrogen-bond acceptors (Lipinski definition) is 4. The average molecular weight is 248 g/mol. The standard InChI is InChI=1S/C8H13N2O3PS/c1-7(15(11,12)13)8(5-10)6-14-4-2-3-9/h7-8,14H,2,4,6H2,1H3,(H,11,12,13). The molecule has 0 heterocycles. The van der Waals surface area contributed by atoms with E-state index in [4.69, 9.17) is 15.1 Å². The van der Waals surface area contributed by atoms with E-state index < -0.39 is 21.3 Å². The Balaban J connectivity index is 4.18. The van der Waals surface area contributed by atoms with Crippen LogP contribution in [0.1, 0.15) is 13.3 Å². The van der Waals surface area contributed by atoms with E-state index in [0.717, 1.165) is 0 Å². The Hall–Kier alpha value is -0.680. The van der Waals surface area contributed by atoms with Gasteiger partial charge in [0, 0.05) is 6.42 Å². The molecule has 0 amide bonds. The molecule has 0 aliphatic rings. The van der Waals surface area contributed by atoms with Crippen LogP contribution in [-0.2, 0) is 10.1 Å². The highest BCUT2D eigenvalue weighted by atomic mass is 32.2. The first-order chi connectivity index (χ1) is 6.93. The minimum absolute atomic E-state index is 0.377. The lowest BCUT2D eigenvalue weighted by Gasteiger charge is -2.13. The molecule has 15 heavy (non-hydrogen) atoms. The third-order valence-electron chi connectivity index (χ3n) is 1.98. The summed E-state index contributed by atoms with van der Waals surface area (Å²) in [5, 5.41) is 16.0. The second kappa shape index (κ2) is 6.74. The molecule has 5 nitrogen and oxygen atoms in total. The highest BCUT2D eigenvalue weighted by Gasteiger charge is 2.27.